The SMILES string of the molecule is O=C(c1ccccc1)[C@@H]1[C@H](c2ccccc2)N[C@@]2(C(=O)N(Cc3ccccc3)c3ccccc32)[C@H]1c1ccc(Cl)c(Cl)c1. The van der Waals surface area contributed by atoms with Gasteiger partial charge < -0.3 is 4.90 Å². The number of rotatable bonds is 6. The fraction of sp³-hybridized carbons (Fsp3) is 0.135. The lowest BCUT2D eigenvalue weighted by molar-refractivity contribution is -0.124. The van der Waals surface area contributed by atoms with E-state index in [1.54, 1.807) is 6.07 Å². The molecule has 6 heteroatoms. The van der Waals surface area contributed by atoms with E-state index in [2.05, 4.69) is 5.32 Å². The molecule has 2 aliphatic heterocycles. The van der Waals surface area contributed by atoms with Crippen molar-refractivity contribution in [1.82, 2.24) is 5.32 Å². The second-order valence-electron chi connectivity index (χ2n) is 11.1. The molecule has 1 N–H and O–H groups in total. The molecule has 0 saturated carbocycles. The van der Waals surface area contributed by atoms with Crippen LogP contribution in [0.1, 0.15) is 44.6 Å². The molecule has 0 bridgehead atoms. The minimum atomic E-state index is -1.24. The number of halogens is 2. The molecule has 1 fully saturated rings. The molecule has 5 aromatic rings. The first-order valence-corrected chi connectivity index (χ1v) is 15.1. The van der Waals surface area contributed by atoms with Gasteiger partial charge >= 0.3 is 0 Å². The first-order chi connectivity index (χ1) is 21.0. The summed E-state index contributed by atoms with van der Waals surface area (Å²) < 4.78 is 0. The zero-order valence-corrected chi connectivity index (χ0v) is 24.7. The number of ketones is 1. The molecule has 212 valence electrons. The van der Waals surface area contributed by atoms with Crippen LogP contribution in [0, 0.1) is 5.92 Å². The van der Waals surface area contributed by atoms with Gasteiger partial charge in [-0.2, -0.15) is 0 Å². The Hall–Kier alpha value is -4.22. The molecular formula is C37H28Cl2N2O2. The summed E-state index contributed by atoms with van der Waals surface area (Å²) in [5, 5.41) is 4.59. The molecule has 0 unspecified atom stereocenters. The molecule has 4 nitrogen and oxygen atoms in total. The summed E-state index contributed by atoms with van der Waals surface area (Å²) in [5.74, 6) is -1.36. The van der Waals surface area contributed by atoms with Crippen LogP contribution in [-0.4, -0.2) is 11.7 Å². The third kappa shape index (κ3) is 4.58. The van der Waals surface area contributed by atoms with E-state index in [1.807, 2.05) is 132 Å². The van der Waals surface area contributed by atoms with Gasteiger partial charge in [0.05, 0.1) is 22.5 Å². The van der Waals surface area contributed by atoms with Crippen LogP contribution in [0.4, 0.5) is 5.69 Å². The summed E-state index contributed by atoms with van der Waals surface area (Å²) in [6.07, 6.45) is 0. The van der Waals surface area contributed by atoms with Crippen LogP contribution in [-0.2, 0) is 16.9 Å². The fourth-order valence-electron chi connectivity index (χ4n) is 6.94. The number of para-hydroxylation sites is 1. The predicted octanol–water partition coefficient (Wildman–Crippen LogP) is 8.36. The number of amides is 1. The van der Waals surface area contributed by atoms with E-state index in [9.17, 15) is 4.79 Å². The van der Waals surface area contributed by atoms with Crippen LogP contribution in [0.15, 0.2) is 133 Å². The van der Waals surface area contributed by atoms with Crippen molar-refractivity contribution in [2.75, 3.05) is 4.90 Å². The quantitative estimate of drug-likeness (QED) is 0.199. The van der Waals surface area contributed by atoms with Gasteiger partial charge in [-0.25, -0.2) is 0 Å². The topological polar surface area (TPSA) is 49.4 Å². The summed E-state index contributed by atoms with van der Waals surface area (Å²) in [4.78, 5) is 31.6. The van der Waals surface area contributed by atoms with Gasteiger partial charge in [-0.3, -0.25) is 14.9 Å². The standard InChI is InChI=1S/C37H28Cl2N2O2/c38-29-21-20-27(22-30(29)39)33-32(35(42)26-16-8-3-9-17-26)34(25-14-6-2-7-15-25)40-37(33)28-18-10-11-19-31(28)41(36(37)43)23-24-12-4-1-5-13-24/h1-22,32-34,40H,23H2/t32-,33-,34-,37+/m0/s1. The normalized spacial score (nSPS) is 22.6. The molecule has 0 aliphatic carbocycles. The third-order valence-corrected chi connectivity index (χ3v) is 9.52. The van der Waals surface area contributed by atoms with Gasteiger partial charge in [-0.1, -0.05) is 138 Å². The lowest BCUT2D eigenvalue weighted by atomic mass is 9.69. The molecule has 5 aromatic carbocycles. The lowest BCUT2D eigenvalue weighted by Crippen LogP contribution is -2.50. The smallest absolute Gasteiger partial charge is 0.252 e. The van der Waals surface area contributed by atoms with E-state index in [0.717, 1.165) is 27.9 Å². The Labute approximate surface area is 260 Å². The maximum Gasteiger partial charge on any atom is 0.252 e. The molecule has 2 heterocycles. The molecule has 43 heavy (non-hydrogen) atoms. The molecule has 0 radical (unpaired) electrons. The van der Waals surface area contributed by atoms with E-state index >= 15 is 4.79 Å². The van der Waals surface area contributed by atoms with Crippen molar-refractivity contribution in [2.45, 2.75) is 24.0 Å². The van der Waals surface area contributed by atoms with Crippen molar-refractivity contribution in [3.63, 3.8) is 0 Å². The number of hydrogen-bond acceptors (Lipinski definition) is 3. The minimum absolute atomic E-state index is 0.0401. The van der Waals surface area contributed by atoms with Crippen molar-refractivity contribution in [3.8, 4) is 0 Å². The zero-order chi connectivity index (χ0) is 29.6. The number of benzene rings is 5. The van der Waals surface area contributed by atoms with Gasteiger partial charge in [0, 0.05) is 28.8 Å². The first kappa shape index (κ1) is 27.6. The van der Waals surface area contributed by atoms with Crippen LogP contribution < -0.4 is 10.2 Å². The summed E-state index contributed by atoms with van der Waals surface area (Å²) in [6, 6.07) is 42.1. The number of fused-ring (bicyclic) bond motifs is 2. The third-order valence-electron chi connectivity index (χ3n) is 8.78. The van der Waals surface area contributed by atoms with Crippen molar-refractivity contribution >= 4 is 40.6 Å². The Kier molecular flexibility index (Phi) is 7.14. The number of hydrogen-bond donors (Lipinski definition) is 1. The van der Waals surface area contributed by atoms with Gasteiger partial charge in [0.1, 0.15) is 5.54 Å². The van der Waals surface area contributed by atoms with Crippen LogP contribution in [0.3, 0.4) is 0 Å². The average molecular weight is 604 g/mol. The van der Waals surface area contributed by atoms with Gasteiger partial charge in [-0.15, -0.1) is 0 Å². The van der Waals surface area contributed by atoms with Crippen LogP contribution in [0.5, 0.6) is 0 Å². The minimum Gasteiger partial charge on any atom is -0.306 e. The number of nitrogens with one attached hydrogen (secondary N) is 1. The fourth-order valence-corrected chi connectivity index (χ4v) is 7.25. The van der Waals surface area contributed by atoms with Crippen LogP contribution in [0.25, 0.3) is 0 Å². The summed E-state index contributed by atoms with van der Waals surface area (Å²) >= 11 is 13.0. The maximum atomic E-state index is 15.1. The maximum absolute atomic E-state index is 15.1. The van der Waals surface area contributed by atoms with Gasteiger partial charge in [-0.05, 0) is 34.9 Å². The van der Waals surface area contributed by atoms with Gasteiger partial charge in [0.2, 0.25) is 0 Å². The van der Waals surface area contributed by atoms with E-state index in [4.69, 9.17) is 23.2 Å². The Balaban J connectivity index is 1.48. The highest BCUT2D eigenvalue weighted by molar-refractivity contribution is 6.42. The van der Waals surface area contributed by atoms with Crippen molar-refractivity contribution in [1.29, 1.82) is 0 Å². The Morgan fingerprint density at radius 1 is 0.721 bits per heavy atom. The molecular weight excluding hydrogens is 575 g/mol. The zero-order valence-electron chi connectivity index (χ0n) is 23.2. The molecule has 1 saturated heterocycles. The van der Waals surface area contributed by atoms with Gasteiger partial charge in [0.15, 0.2) is 5.78 Å². The second-order valence-corrected chi connectivity index (χ2v) is 12.0. The Bertz CT molecular complexity index is 1810. The van der Waals surface area contributed by atoms with Gasteiger partial charge in [0.25, 0.3) is 5.91 Å². The number of anilines is 1. The van der Waals surface area contributed by atoms with Crippen LogP contribution >= 0.6 is 23.2 Å². The highest BCUT2D eigenvalue weighted by Gasteiger charge is 2.65. The first-order valence-electron chi connectivity index (χ1n) is 14.3. The number of carbonyl (C=O) groups excluding carboxylic acids is 2. The predicted molar refractivity (Wildman–Crippen MR) is 172 cm³/mol. The highest BCUT2D eigenvalue weighted by atomic mass is 35.5. The average Bonchev–Trinajstić information content (AvgIpc) is 3.53. The molecule has 2 aliphatic rings. The lowest BCUT2D eigenvalue weighted by Gasteiger charge is -2.33. The monoisotopic (exact) mass is 602 g/mol. The molecule has 7 rings (SSSR count). The molecule has 0 aromatic heterocycles. The number of carbonyl (C=O) groups is 2. The van der Waals surface area contributed by atoms with Crippen LogP contribution in [0.2, 0.25) is 10.0 Å². The van der Waals surface area contributed by atoms with E-state index in [0.29, 0.717) is 22.2 Å². The largest absolute Gasteiger partial charge is 0.306 e. The molecule has 4 atom stereocenters. The summed E-state index contributed by atoms with van der Waals surface area (Å²) in [5.41, 5.74) is 3.76. The van der Waals surface area contributed by atoms with E-state index in [-0.39, 0.29) is 11.7 Å². The molecule has 1 amide bonds. The Morgan fingerprint density at radius 3 is 2.05 bits per heavy atom. The summed E-state index contributed by atoms with van der Waals surface area (Å²) in [6.45, 7) is 0.404. The van der Waals surface area contributed by atoms with Crippen molar-refractivity contribution in [2.24, 2.45) is 5.92 Å². The van der Waals surface area contributed by atoms with E-state index < -0.39 is 23.4 Å². The second kappa shape index (κ2) is 11.1. The van der Waals surface area contributed by atoms with Crippen molar-refractivity contribution in [3.05, 3.63) is 171 Å². The number of Topliss-reactive ketones (excluding diaryl/α,β-unsaturated/α-hetero) is 1. The summed E-state index contributed by atoms with van der Waals surface area (Å²) in [7, 11) is 0. The highest BCUT2D eigenvalue weighted by Crippen LogP contribution is 2.59. The number of nitrogens with zero attached hydrogens (tertiary/aromatic N) is 1. The van der Waals surface area contributed by atoms with Crippen molar-refractivity contribution < 1.29 is 9.59 Å². The molecule has 1 spiro atoms. The Morgan fingerprint density at radius 2 is 1.35 bits per heavy atom. The van der Waals surface area contributed by atoms with E-state index in [1.165, 1.54) is 0 Å².